The molecule has 0 N–H and O–H groups in total. The van der Waals surface area contributed by atoms with Crippen LogP contribution in [0.4, 0.5) is 5.82 Å². The minimum atomic E-state index is -0.0807. The van der Waals surface area contributed by atoms with Crippen LogP contribution in [-0.4, -0.2) is 36.1 Å². The lowest BCUT2D eigenvalue weighted by atomic mass is 10.1. The van der Waals surface area contributed by atoms with Crippen LogP contribution in [0.25, 0.3) is 11.0 Å². The summed E-state index contributed by atoms with van der Waals surface area (Å²) in [6, 6.07) is 9.10. The predicted molar refractivity (Wildman–Crippen MR) is 104 cm³/mol. The highest BCUT2D eigenvalue weighted by Crippen LogP contribution is 2.26. The van der Waals surface area contributed by atoms with Gasteiger partial charge < -0.3 is 9.32 Å². The molecule has 3 heterocycles. The van der Waals surface area contributed by atoms with Crippen LogP contribution in [0.1, 0.15) is 5.56 Å². The van der Waals surface area contributed by atoms with E-state index in [1.54, 1.807) is 18.3 Å². The number of halogens is 2. The fraction of sp³-hybridized carbons (Fsp3) is 0.263. The van der Waals surface area contributed by atoms with E-state index in [1.807, 2.05) is 18.2 Å². The van der Waals surface area contributed by atoms with Crippen LogP contribution in [0, 0.1) is 0 Å². The van der Waals surface area contributed by atoms with Crippen molar-refractivity contribution in [1.29, 1.82) is 0 Å². The summed E-state index contributed by atoms with van der Waals surface area (Å²) in [6.45, 7) is 3.98. The number of nitrogens with zero attached hydrogens (tertiary/aromatic N) is 3. The number of hydrogen-bond donors (Lipinski definition) is 0. The number of pyridine rings is 1. The molecule has 0 radical (unpaired) electrons. The highest BCUT2D eigenvalue weighted by atomic mass is 35.5. The van der Waals surface area contributed by atoms with Crippen LogP contribution < -0.4 is 10.3 Å². The molecular weight excluding hydrogens is 373 g/mol. The fourth-order valence-corrected chi connectivity index (χ4v) is 3.77. The Morgan fingerprint density at radius 2 is 1.92 bits per heavy atom. The number of fused-ring (bicyclic) bond motifs is 1. The largest absolute Gasteiger partial charge is 0.462 e. The quantitative estimate of drug-likeness (QED) is 0.681. The van der Waals surface area contributed by atoms with Crippen molar-refractivity contribution in [2.75, 3.05) is 31.1 Å². The Kier molecular flexibility index (Phi) is 4.85. The van der Waals surface area contributed by atoms with Crippen LogP contribution in [0.2, 0.25) is 10.0 Å². The van der Waals surface area contributed by atoms with Gasteiger partial charge in [-0.3, -0.25) is 9.69 Å². The summed E-state index contributed by atoms with van der Waals surface area (Å²) < 4.78 is 5.60. The maximum atomic E-state index is 12.8. The van der Waals surface area contributed by atoms with Gasteiger partial charge in [-0.1, -0.05) is 29.3 Å². The van der Waals surface area contributed by atoms with Crippen molar-refractivity contribution in [2.45, 2.75) is 6.54 Å². The Balaban J connectivity index is 1.50. The van der Waals surface area contributed by atoms with Gasteiger partial charge in [-0.25, -0.2) is 4.98 Å². The van der Waals surface area contributed by atoms with Crippen LogP contribution >= 0.6 is 23.2 Å². The zero-order valence-corrected chi connectivity index (χ0v) is 15.5. The lowest BCUT2D eigenvalue weighted by Crippen LogP contribution is -2.46. The average Bonchev–Trinajstić information content (AvgIpc) is 2.66. The SMILES string of the molecule is O=c1c(CN2CCN(c3ccccn3)CC2)coc2c(Cl)cc(Cl)cc12. The molecule has 0 atom stereocenters. The van der Waals surface area contributed by atoms with E-state index >= 15 is 0 Å². The molecule has 1 aliphatic rings. The fourth-order valence-electron chi connectivity index (χ4n) is 3.23. The molecule has 0 spiro atoms. The van der Waals surface area contributed by atoms with Gasteiger partial charge in [-0.15, -0.1) is 0 Å². The molecule has 26 heavy (non-hydrogen) atoms. The van der Waals surface area contributed by atoms with Gasteiger partial charge in [0, 0.05) is 49.5 Å². The van der Waals surface area contributed by atoms with Crippen LogP contribution in [0.15, 0.2) is 52.0 Å². The molecule has 134 valence electrons. The summed E-state index contributed by atoms with van der Waals surface area (Å²) in [6.07, 6.45) is 3.31. The molecular formula is C19H17Cl2N3O2. The lowest BCUT2D eigenvalue weighted by Gasteiger charge is -2.35. The Morgan fingerprint density at radius 1 is 1.12 bits per heavy atom. The van der Waals surface area contributed by atoms with Gasteiger partial charge >= 0.3 is 0 Å². The molecule has 1 saturated heterocycles. The van der Waals surface area contributed by atoms with Crippen molar-refractivity contribution in [1.82, 2.24) is 9.88 Å². The minimum Gasteiger partial charge on any atom is -0.462 e. The Labute approximate surface area is 160 Å². The highest BCUT2D eigenvalue weighted by Gasteiger charge is 2.20. The molecule has 1 fully saturated rings. The summed E-state index contributed by atoms with van der Waals surface area (Å²) in [5, 5.41) is 1.20. The Hall–Kier alpha value is -2.08. The van der Waals surface area contributed by atoms with Crippen molar-refractivity contribution >= 4 is 40.0 Å². The number of rotatable bonds is 3. The maximum Gasteiger partial charge on any atom is 0.197 e. The topological polar surface area (TPSA) is 49.6 Å². The maximum absolute atomic E-state index is 12.8. The highest BCUT2D eigenvalue weighted by molar-refractivity contribution is 6.38. The molecule has 0 saturated carbocycles. The first kappa shape index (κ1) is 17.3. The zero-order valence-electron chi connectivity index (χ0n) is 14.0. The van der Waals surface area contributed by atoms with Gasteiger partial charge in [-0.05, 0) is 24.3 Å². The standard InChI is InChI=1S/C19H17Cl2N3O2/c20-14-9-15-18(25)13(12-26-19(15)16(21)10-14)11-23-5-7-24(8-6-23)17-3-1-2-4-22-17/h1-4,9-10,12H,5-8,11H2. The van der Waals surface area contributed by atoms with Crippen molar-refractivity contribution in [3.05, 3.63) is 68.6 Å². The van der Waals surface area contributed by atoms with Gasteiger partial charge in [0.2, 0.25) is 0 Å². The smallest absolute Gasteiger partial charge is 0.197 e. The number of aromatic nitrogens is 1. The van der Waals surface area contributed by atoms with Crippen LogP contribution in [0.5, 0.6) is 0 Å². The predicted octanol–water partition coefficient (Wildman–Crippen LogP) is 3.82. The second-order valence-corrected chi connectivity index (χ2v) is 7.15. The van der Waals surface area contributed by atoms with Gasteiger partial charge in [0.25, 0.3) is 0 Å². The third-order valence-corrected chi connectivity index (χ3v) is 5.10. The Bertz CT molecular complexity index is 983. The molecule has 7 heteroatoms. The summed E-state index contributed by atoms with van der Waals surface area (Å²) in [7, 11) is 0. The summed E-state index contributed by atoms with van der Waals surface area (Å²) in [5.41, 5.74) is 0.912. The molecule has 1 aromatic carbocycles. The monoisotopic (exact) mass is 389 g/mol. The molecule has 0 bridgehead atoms. The van der Waals surface area contributed by atoms with E-state index in [2.05, 4.69) is 14.8 Å². The third kappa shape index (κ3) is 3.43. The van der Waals surface area contributed by atoms with Crippen molar-refractivity contribution in [2.24, 2.45) is 0 Å². The van der Waals surface area contributed by atoms with E-state index in [-0.39, 0.29) is 5.43 Å². The minimum absolute atomic E-state index is 0.0807. The van der Waals surface area contributed by atoms with E-state index < -0.39 is 0 Å². The summed E-state index contributed by atoms with van der Waals surface area (Å²) in [4.78, 5) is 21.7. The summed E-state index contributed by atoms with van der Waals surface area (Å²) in [5.74, 6) is 0.988. The van der Waals surface area contributed by atoms with E-state index in [0.717, 1.165) is 32.0 Å². The van der Waals surface area contributed by atoms with Crippen LogP contribution in [-0.2, 0) is 6.54 Å². The number of benzene rings is 1. The van der Waals surface area contributed by atoms with Crippen LogP contribution in [0.3, 0.4) is 0 Å². The lowest BCUT2D eigenvalue weighted by molar-refractivity contribution is 0.247. The normalized spacial score (nSPS) is 15.5. The number of piperazine rings is 1. The molecule has 5 nitrogen and oxygen atoms in total. The molecule has 4 rings (SSSR count). The second kappa shape index (κ2) is 7.27. The van der Waals surface area contributed by atoms with Gasteiger partial charge in [0.05, 0.1) is 16.7 Å². The van der Waals surface area contributed by atoms with Gasteiger partial charge in [0.1, 0.15) is 5.82 Å². The van der Waals surface area contributed by atoms with E-state index in [1.165, 1.54) is 6.26 Å². The second-order valence-electron chi connectivity index (χ2n) is 6.31. The molecule has 3 aromatic rings. The first-order valence-electron chi connectivity index (χ1n) is 8.39. The molecule has 0 aliphatic carbocycles. The van der Waals surface area contributed by atoms with E-state index in [0.29, 0.717) is 33.1 Å². The van der Waals surface area contributed by atoms with E-state index in [4.69, 9.17) is 27.6 Å². The van der Waals surface area contributed by atoms with Crippen molar-refractivity contribution in [3.63, 3.8) is 0 Å². The molecule has 0 amide bonds. The molecule has 2 aromatic heterocycles. The van der Waals surface area contributed by atoms with Crippen molar-refractivity contribution < 1.29 is 4.42 Å². The summed E-state index contributed by atoms with van der Waals surface area (Å²) >= 11 is 12.1. The zero-order chi connectivity index (χ0) is 18.1. The third-order valence-electron chi connectivity index (χ3n) is 4.60. The number of anilines is 1. The van der Waals surface area contributed by atoms with Gasteiger partial charge in [0.15, 0.2) is 11.0 Å². The first-order valence-corrected chi connectivity index (χ1v) is 9.15. The molecule has 0 unspecified atom stereocenters. The van der Waals surface area contributed by atoms with Gasteiger partial charge in [-0.2, -0.15) is 0 Å². The van der Waals surface area contributed by atoms with E-state index in [9.17, 15) is 4.79 Å². The molecule has 1 aliphatic heterocycles. The first-order chi connectivity index (χ1) is 12.6. The average molecular weight is 390 g/mol. The Morgan fingerprint density at radius 3 is 2.65 bits per heavy atom. The number of hydrogen-bond acceptors (Lipinski definition) is 5. The van der Waals surface area contributed by atoms with Crippen molar-refractivity contribution in [3.8, 4) is 0 Å².